The number of benzene rings is 1. The molecule has 0 bridgehead atoms. The van der Waals surface area contributed by atoms with Gasteiger partial charge in [0.15, 0.2) is 0 Å². The fraction of sp³-hybridized carbons (Fsp3) is 0.333. The minimum Gasteiger partial charge on any atom is -0.372 e. The minimum absolute atomic E-state index is 0.170. The lowest BCUT2D eigenvalue weighted by molar-refractivity contribution is 0.636. The Hall–Kier alpha value is -1.52. The van der Waals surface area contributed by atoms with Crippen LogP contribution in [-0.2, 0) is 0 Å². The fourth-order valence-electron chi connectivity index (χ4n) is 2.10. The van der Waals surface area contributed by atoms with Gasteiger partial charge in [-0.05, 0) is 30.2 Å². The van der Waals surface area contributed by atoms with Crippen LogP contribution in [0.4, 0.5) is 5.69 Å². The Labute approximate surface area is 133 Å². The van der Waals surface area contributed by atoms with Crippen LogP contribution < -0.4 is 10.5 Å². The maximum absolute atomic E-state index is 12.4. The Kier molecular flexibility index (Phi) is 4.91. The van der Waals surface area contributed by atoms with Gasteiger partial charge < -0.3 is 4.90 Å². The van der Waals surface area contributed by atoms with Gasteiger partial charge >= 0.3 is 0 Å². The van der Waals surface area contributed by atoms with E-state index in [1.807, 2.05) is 11.9 Å². The van der Waals surface area contributed by atoms with Crippen LogP contribution in [0.25, 0.3) is 5.69 Å². The highest BCUT2D eigenvalue weighted by Crippen LogP contribution is 2.21. The van der Waals surface area contributed by atoms with E-state index in [0.29, 0.717) is 22.3 Å². The molecule has 0 amide bonds. The predicted octanol–water partition coefficient (Wildman–Crippen LogP) is 3.63. The smallest absolute Gasteiger partial charge is 0.292 e. The zero-order chi connectivity index (χ0) is 15.6. The number of halogens is 2. The third kappa shape index (κ3) is 3.57. The van der Waals surface area contributed by atoms with Crippen LogP contribution in [0.5, 0.6) is 0 Å². The Morgan fingerprint density at radius 3 is 2.43 bits per heavy atom. The number of hydrogen-bond donors (Lipinski definition) is 0. The third-order valence-electron chi connectivity index (χ3n) is 3.02. The van der Waals surface area contributed by atoms with E-state index in [9.17, 15) is 4.79 Å². The molecule has 0 unspecified atom stereocenters. The Morgan fingerprint density at radius 2 is 1.86 bits per heavy atom. The molecule has 0 fully saturated rings. The average Bonchev–Trinajstić information content (AvgIpc) is 2.42. The summed E-state index contributed by atoms with van der Waals surface area (Å²) < 4.78 is 1.27. The first kappa shape index (κ1) is 15.9. The van der Waals surface area contributed by atoms with E-state index < -0.39 is 0 Å². The van der Waals surface area contributed by atoms with Crippen molar-refractivity contribution in [2.24, 2.45) is 5.92 Å². The quantitative estimate of drug-likeness (QED) is 0.861. The van der Waals surface area contributed by atoms with E-state index >= 15 is 0 Å². The largest absolute Gasteiger partial charge is 0.372 e. The highest BCUT2D eigenvalue weighted by molar-refractivity contribution is 6.33. The molecule has 0 radical (unpaired) electrons. The molecule has 6 heteroatoms. The maximum atomic E-state index is 12.4. The van der Waals surface area contributed by atoms with Crippen molar-refractivity contribution in [3.05, 3.63) is 50.9 Å². The molecule has 1 heterocycles. The molecule has 1 aromatic heterocycles. The predicted molar refractivity (Wildman–Crippen MR) is 88.0 cm³/mol. The first-order valence-electron chi connectivity index (χ1n) is 6.65. The van der Waals surface area contributed by atoms with Crippen molar-refractivity contribution in [3.8, 4) is 5.69 Å². The first-order chi connectivity index (χ1) is 9.90. The van der Waals surface area contributed by atoms with Gasteiger partial charge in [-0.15, -0.1) is 0 Å². The highest BCUT2D eigenvalue weighted by atomic mass is 35.5. The van der Waals surface area contributed by atoms with E-state index in [2.05, 4.69) is 18.9 Å². The van der Waals surface area contributed by atoms with Gasteiger partial charge in [-0.1, -0.05) is 37.0 Å². The molecule has 21 heavy (non-hydrogen) atoms. The molecular formula is C15H17Cl2N3O. The summed E-state index contributed by atoms with van der Waals surface area (Å²) in [4.78, 5) is 14.3. The van der Waals surface area contributed by atoms with E-state index in [0.717, 1.165) is 6.54 Å². The van der Waals surface area contributed by atoms with Crippen LogP contribution in [0, 0.1) is 5.92 Å². The Bertz CT molecular complexity index is 680. The molecule has 0 aliphatic carbocycles. The first-order valence-corrected chi connectivity index (χ1v) is 7.40. The number of anilines is 1. The maximum Gasteiger partial charge on any atom is 0.292 e. The van der Waals surface area contributed by atoms with Gasteiger partial charge in [-0.25, -0.2) is 0 Å². The van der Waals surface area contributed by atoms with Gasteiger partial charge in [0, 0.05) is 18.6 Å². The van der Waals surface area contributed by atoms with Crippen LogP contribution in [0.3, 0.4) is 0 Å². The second kappa shape index (κ2) is 6.50. The summed E-state index contributed by atoms with van der Waals surface area (Å²) >= 11 is 12.1. The van der Waals surface area contributed by atoms with Crippen LogP contribution in [0.2, 0.25) is 10.0 Å². The van der Waals surface area contributed by atoms with Gasteiger partial charge in [-0.3, -0.25) is 4.79 Å². The number of nitrogens with zero attached hydrogens (tertiary/aromatic N) is 3. The SMILES string of the molecule is CC(C)CN(C)c1cnn(-c2ccc(Cl)cc2)c(=O)c1Cl. The Balaban J connectivity index is 2.42. The minimum atomic E-state index is -0.341. The van der Waals surface area contributed by atoms with Crippen LogP contribution >= 0.6 is 23.2 Å². The van der Waals surface area contributed by atoms with Crippen molar-refractivity contribution in [1.82, 2.24) is 9.78 Å². The fourth-order valence-corrected chi connectivity index (χ4v) is 2.50. The molecule has 0 saturated carbocycles. The molecule has 0 aliphatic rings. The topological polar surface area (TPSA) is 38.1 Å². The van der Waals surface area contributed by atoms with Crippen molar-refractivity contribution >= 4 is 28.9 Å². The average molecular weight is 326 g/mol. The summed E-state index contributed by atoms with van der Waals surface area (Å²) in [5.74, 6) is 0.463. The molecule has 0 atom stereocenters. The summed E-state index contributed by atoms with van der Waals surface area (Å²) in [5.41, 5.74) is 0.928. The molecule has 2 aromatic rings. The zero-order valence-corrected chi connectivity index (χ0v) is 13.7. The summed E-state index contributed by atoms with van der Waals surface area (Å²) in [6.07, 6.45) is 1.61. The molecule has 2 rings (SSSR count). The molecule has 4 nitrogen and oxygen atoms in total. The van der Waals surface area contributed by atoms with E-state index in [1.54, 1.807) is 30.5 Å². The molecule has 0 N–H and O–H groups in total. The summed E-state index contributed by atoms with van der Waals surface area (Å²) in [5, 5.41) is 4.97. The highest BCUT2D eigenvalue weighted by Gasteiger charge is 2.14. The lowest BCUT2D eigenvalue weighted by Crippen LogP contribution is -2.28. The van der Waals surface area contributed by atoms with Gasteiger partial charge in [0.2, 0.25) is 0 Å². The molecule has 0 aliphatic heterocycles. The number of hydrogen-bond acceptors (Lipinski definition) is 3. The molecule has 112 valence electrons. The molecule has 0 spiro atoms. The van der Waals surface area contributed by atoms with Crippen LogP contribution in [0.1, 0.15) is 13.8 Å². The summed E-state index contributed by atoms with van der Waals surface area (Å²) in [7, 11) is 1.90. The molecule has 1 aromatic carbocycles. The van der Waals surface area contributed by atoms with Gasteiger partial charge in [0.1, 0.15) is 5.02 Å². The lowest BCUT2D eigenvalue weighted by Gasteiger charge is -2.22. The number of aromatic nitrogens is 2. The van der Waals surface area contributed by atoms with Crippen molar-refractivity contribution in [2.75, 3.05) is 18.5 Å². The zero-order valence-electron chi connectivity index (χ0n) is 12.2. The van der Waals surface area contributed by atoms with E-state index in [4.69, 9.17) is 23.2 Å². The third-order valence-corrected chi connectivity index (χ3v) is 3.63. The summed E-state index contributed by atoms with van der Waals surface area (Å²) in [6.45, 7) is 5.01. The monoisotopic (exact) mass is 325 g/mol. The summed E-state index contributed by atoms with van der Waals surface area (Å²) in [6, 6.07) is 6.87. The second-order valence-electron chi connectivity index (χ2n) is 5.31. The van der Waals surface area contributed by atoms with E-state index in [1.165, 1.54) is 4.68 Å². The van der Waals surface area contributed by atoms with Crippen LogP contribution in [-0.4, -0.2) is 23.4 Å². The standard InChI is InChI=1S/C15H17Cl2N3O/c1-10(2)9-19(3)13-8-18-20(15(21)14(13)17)12-6-4-11(16)5-7-12/h4-8,10H,9H2,1-3H3. The normalized spacial score (nSPS) is 11.0. The van der Waals surface area contributed by atoms with Gasteiger partial charge in [0.05, 0.1) is 17.6 Å². The van der Waals surface area contributed by atoms with Crippen molar-refractivity contribution in [2.45, 2.75) is 13.8 Å². The van der Waals surface area contributed by atoms with E-state index in [-0.39, 0.29) is 10.6 Å². The lowest BCUT2D eigenvalue weighted by atomic mass is 10.2. The van der Waals surface area contributed by atoms with Crippen molar-refractivity contribution < 1.29 is 0 Å². The van der Waals surface area contributed by atoms with Gasteiger partial charge in [-0.2, -0.15) is 9.78 Å². The number of rotatable bonds is 4. The molecular weight excluding hydrogens is 309 g/mol. The molecule has 0 saturated heterocycles. The van der Waals surface area contributed by atoms with Gasteiger partial charge in [0.25, 0.3) is 5.56 Å². The van der Waals surface area contributed by atoms with Crippen molar-refractivity contribution in [1.29, 1.82) is 0 Å². The van der Waals surface area contributed by atoms with Crippen molar-refractivity contribution in [3.63, 3.8) is 0 Å². The van der Waals surface area contributed by atoms with Crippen LogP contribution in [0.15, 0.2) is 35.3 Å². The Morgan fingerprint density at radius 1 is 1.24 bits per heavy atom. The second-order valence-corrected chi connectivity index (χ2v) is 6.13.